The van der Waals surface area contributed by atoms with Gasteiger partial charge >= 0.3 is 12.0 Å². The number of hydrogen-bond acceptors (Lipinski definition) is 5. The van der Waals surface area contributed by atoms with Crippen molar-refractivity contribution < 1.29 is 19.1 Å². The van der Waals surface area contributed by atoms with Crippen LogP contribution >= 0.6 is 0 Å². The summed E-state index contributed by atoms with van der Waals surface area (Å²) < 4.78 is 13.0. The molecule has 1 saturated carbocycles. The van der Waals surface area contributed by atoms with Crippen LogP contribution in [0.5, 0.6) is 0 Å². The Hall–Kier alpha value is -3.36. The van der Waals surface area contributed by atoms with Gasteiger partial charge in [-0.3, -0.25) is 4.90 Å². The van der Waals surface area contributed by atoms with E-state index in [2.05, 4.69) is 45.1 Å². The SMILES string of the molecule is COC(=O)c1ccc2c(C3CCCCC3)c3n(c2c1)CC(NC(=O)N1CCC(N2CCOCC2)CC1)Cc1ccccc1-3. The number of nitrogens with zero attached hydrogens (tertiary/aromatic N) is 3. The average Bonchev–Trinajstić information content (AvgIpc) is 3.28. The highest BCUT2D eigenvalue weighted by molar-refractivity contribution is 5.99. The van der Waals surface area contributed by atoms with Crippen molar-refractivity contribution in [3.8, 4) is 11.3 Å². The molecule has 0 bridgehead atoms. The first-order chi connectivity index (χ1) is 21.1. The molecular weight excluding hydrogens is 540 g/mol. The van der Waals surface area contributed by atoms with Crippen LogP contribution in [-0.2, 0) is 22.4 Å². The van der Waals surface area contributed by atoms with Gasteiger partial charge in [-0.2, -0.15) is 0 Å². The number of ether oxygens (including phenoxy) is 2. The summed E-state index contributed by atoms with van der Waals surface area (Å²) in [5.41, 5.74) is 6.82. The Kier molecular flexibility index (Phi) is 8.15. The molecule has 2 saturated heterocycles. The molecule has 7 rings (SSSR count). The minimum Gasteiger partial charge on any atom is -0.465 e. The third-order valence-electron chi connectivity index (χ3n) is 10.3. The molecule has 43 heavy (non-hydrogen) atoms. The molecule has 3 fully saturated rings. The van der Waals surface area contributed by atoms with Gasteiger partial charge in [0.2, 0.25) is 0 Å². The third-order valence-corrected chi connectivity index (χ3v) is 10.3. The molecule has 2 aromatic carbocycles. The lowest BCUT2D eigenvalue weighted by atomic mass is 9.81. The second-order valence-corrected chi connectivity index (χ2v) is 12.8. The van der Waals surface area contributed by atoms with Crippen molar-refractivity contribution in [1.82, 2.24) is 19.7 Å². The zero-order valence-electron chi connectivity index (χ0n) is 25.4. The van der Waals surface area contributed by atoms with Crippen molar-refractivity contribution in [2.45, 2.75) is 75.9 Å². The van der Waals surface area contributed by atoms with Gasteiger partial charge in [-0.05, 0) is 61.3 Å². The molecule has 3 aromatic rings. The Morgan fingerprint density at radius 3 is 2.47 bits per heavy atom. The van der Waals surface area contributed by atoms with Gasteiger partial charge in [0, 0.05) is 55.2 Å². The number of carbonyl (C=O) groups is 2. The molecule has 0 radical (unpaired) electrons. The van der Waals surface area contributed by atoms with Gasteiger partial charge in [0.1, 0.15) is 0 Å². The number of morpholine rings is 1. The Balaban J connectivity index is 1.21. The molecule has 4 heterocycles. The van der Waals surface area contributed by atoms with Gasteiger partial charge in [0.25, 0.3) is 0 Å². The van der Waals surface area contributed by atoms with Crippen LogP contribution in [0, 0.1) is 0 Å². The van der Waals surface area contributed by atoms with Gasteiger partial charge in [0.05, 0.1) is 37.6 Å². The van der Waals surface area contributed by atoms with E-state index in [-0.39, 0.29) is 18.0 Å². The number of methoxy groups -OCH3 is 1. The fourth-order valence-electron chi connectivity index (χ4n) is 8.12. The smallest absolute Gasteiger partial charge is 0.337 e. The Morgan fingerprint density at radius 1 is 0.930 bits per heavy atom. The van der Waals surface area contributed by atoms with Gasteiger partial charge in [-0.15, -0.1) is 0 Å². The first kappa shape index (κ1) is 28.4. The number of aromatic nitrogens is 1. The second kappa shape index (κ2) is 12.3. The van der Waals surface area contributed by atoms with Crippen LogP contribution in [0.25, 0.3) is 22.2 Å². The van der Waals surface area contributed by atoms with Crippen molar-refractivity contribution in [2.24, 2.45) is 0 Å². The fourth-order valence-corrected chi connectivity index (χ4v) is 8.12. The molecule has 4 aliphatic rings. The van der Waals surface area contributed by atoms with Crippen LogP contribution in [0.4, 0.5) is 4.79 Å². The number of rotatable bonds is 4. The molecule has 1 N–H and O–H groups in total. The predicted octanol–water partition coefficient (Wildman–Crippen LogP) is 5.57. The maximum absolute atomic E-state index is 13.7. The Morgan fingerprint density at radius 2 is 1.70 bits per heavy atom. The summed E-state index contributed by atoms with van der Waals surface area (Å²) in [6.07, 6.45) is 8.96. The third kappa shape index (κ3) is 5.55. The van der Waals surface area contributed by atoms with Crippen LogP contribution in [0.3, 0.4) is 0 Å². The molecule has 8 nitrogen and oxygen atoms in total. The zero-order valence-corrected chi connectivity index (χ0v) is 25.4. The molecule has 1 atom stereocenters. The number of esters is 1. The highest BCUT2D eigenvalue weighted by Crippen LogP contribution is 2.46. The van der Waals surface area contributed by atoms with Crippen LogP contribution in [-0.4, -0.2) is 85.0 Å². The van der Waals surface area contributed by atoms with E-state index in [1.165, 1.54) is 67.0 Å². The maximum atomic E-state index is 13.7. The summed E-state index contributed by atoms with van der Waals surface area (Å²) >= 11 is 0. The highest BCUT2D eigenvalue weighted by Gasteiger charge is 2.33. The molecular formula is C35H44N4O4. The number of fused-ring (bicyclic) bond motifs is 5. The topological polar surface area (TPSA) is 76.0 Å². The minimum atomic E-state index is -0.323. The molecule has 1 aliphatic carbocycles. The van der Waals surface area contributed by atoms with Crippen molar-refractivity contribution in [3.05, 3.63) is 59.2 Å². The van der Waals surface area contributed by atoms with Crippen LogP contribution in [0.15, 0.2) is 42.5 Å². The van der Waals surface area contributed by atoms with E-state index in [9.17, 15) is 9.59 Å². The van der Waals surface area contributed by atoms with Crippen molar-refractivity contribution in [3.63, 3.8) is 0 Å². The van der Waals surface area contributed by atoms with Gasteiger partial charge in [-0.1, -0.05) is 49.6 Å². The van der Waals surface area contributed by atoms with Gasteiger partial charge in [0.15, 0.2) is 0 Å². The van der Waals surface area contributed by atoms with E-state index >= 15 is 0 Å². The summed E-state index contributed by atoms with van der Waals surface area (Å²) in [4.78, 5) is 30.8. The monoisotopic (exact) mass is 584 g/mol. The van der Waals surface area contributed by atoms with E-state index in [4.69, 9.17) is 9.47 Å². The second-order valence-electron chi connectivity index (χ2n) is 12.8. The molecule has 1 aromatic heterocycles. The average molecular weight is 585 g/mol. The number of urea groups is 1. The van der Waals surface area contributed by atoms with E-state index in [1.807, 2.05) is 17.0 Å². The van der Waals surface area contributed by atoms with Crippen molar-refractivity contribution in [2.75, 3.05) is 46.5 Å². The lowest BCUT2D eigenvalue weighted by Gasteiger charge is -2.40. The fraction of sp³-hybridized carbons (Fsp3) is 0.543. The van der Waals surface area contributed by atoms with Crippen LogP contribution in [0.2, 0.25) is 0 Å². The van der Waals surface area contributed by atoms with Crippen molar-refractivity contribution >= 4 is 22.9 Å². The molecule has 3 aliphatic heterocycles. The summed E-state index contributed by atoms with van der Waals surface area (Å²) in [6, 6.07) is 15.2. The Bertz CT molecular complexity index is 1480. The van der Waals surface area contributed by atoms with Gasteiger partial charge < -0.3 is 24.3 Å². The van der Waals surface area contributed by atoms with Crippen LogP contribution in [0.1, 0.15) is 72.3 Å². The van der Waals surface area contributed by atoms with Crippen LogP contribution < -0.4 is 5.32 Å². The molecule has 228 valence electrons. The molecule has 0 spiro atoms. The lowest BCUT2D eigenvalue weighted by molar-refractivity contribution is 0.00372. The van der Waals surface area contributed by atoms with E-state index < -0.39 is 0 Å². The summed E-state index contributed by atoms with van der Waals surface area (Å²) in [7, 11) is 1.43. The Labute approximate surface area is 254 Å². The summed E-state index contributed by atoms with van der Waals surface area (Å²) in [5, 5.41) is 4.67. The number of carbonyl (C=O) groups excluding carboxylic acids is 2. The first-order valence-corrected chi connectivity index (χ1v) is 16.3. The highest BCUT2D eigenvalue weighted by atomic mass is 16.5. The largest absolute Gasteiger partial charge is 0.465 e. The van der Waals surface area contributed by atoms with Gasteiger partial charge in [-0.25, -0.2) is 9.59 Å². The first-order valence-electron chi connectivity index (χ1n) is 16.3. The zero-order chi connectivity index (χ0) is 29.3. The maximum Gasteiger partial charge on any atom is 0.337 e. The number of benzene rings is 2. The summed E-state index contributed by atoms with van der Waals surface area (Å²) in [5.74, 6) is 0.166. The van der Waals surface area contributed by atoms with E-state index in [0.29, 0.717) is 24.1 Å². The number of nitrogens with one attached hydrogen (secondary N) is 1. The summed E-state index contributed by atoms with van der Waals surface area (Å²) in [6.45, 7) is 5.82. The number of amides is 2. The molecule has 2 amide bonds. The normalized spacial score (nSPS) is 22.1. The van der Waals surface area contributed by atoms with Crippen molar-refractivity contribution in [1.29, 1.82) is 0 Å². The molecule has 1 unspecified atom stereocenters. The standard InChI is InChI=1S/C35H44N4O4/c1-42-34(40)26-11-12-30-31(22-26)39-23-27(36-35(41)38-15-13-28(14-16-38)37-17-19-43-20-18-37)21-25-9-5-6-10-29(25)33(39)32(30)24-7-3-2-4-8-24/h5-6,9-12,22,24,27-28H,2-4,7-8,13-21,23H2,1H3,(H,36,41). The van der Waals surface area contributed by atoms with E-state index in [1.54, 1.807) is 0 Å². The number of hydrogen-bond donors (Lipinski definition) is 1. The quantitative estimate of drug-likeness (QED) is 0.406. The number of piperidine rings is 1. The molecule has 8 heteroatoms. The minimum absolute atomic E-state index is 0.0329. The number of likely N-dealkylation sites (tertiary alicyclic amines) is 1. The van der Waals surface area contributed by atoms with E-state index in [0.717, 1.165) is 64.2 Å². The predicted molar refractivity (Wildman–Crippen MR) is 168 cm³/mol. The lowest BCUT2D eigenvalue weighted by Crippen LogP contribution is -2.53.